The highest BCUT2D eigenvalue weighted by atomic mass is 19.4. The van der Waals surface area contributed by atoms with Crippen LogP contribution in [0.4, 0.5) is 13.2 Å². The highest BCUT2D eigenvalue weighted by molar-refractivity contribution is 5.89. The molecule has 1 aliphatic rings. The van der Waals surface area contributed by atoms with Gasteiger partial charge in [0.1, 0.15) is 5.75 Å². The lowest BCUT2D eigenvalue weighted by Crippen LogP contribution is -2.17. The molecular weight excluding hydrogens is 491 g/mol. The number of benzene rings is 2. The summed E-state index contributed by atoms with van der Waals surface area (Å²) in [6.45, 7) is 0. The predicted molar refractivity (Wildman–Crippen MR) is 124 cm³/mol. The standard InChI is InChI=1S/C25H18F3N5O4/c26-25(27,28)36-17-9-13(2-1-7-29)8-16(10-17)24-31-23(33-37-24)15-4-6-20-19(11-15)18-5-3-14(22(18)30-20)12-21(34)32-35/h4,6,8-11,14,30H,1-3,5,12H2. The molecule has 1 atom stereocenters. The molecular formula is C25H18F3N5O4. The van der Waals surface area contributed by atoms with Gasteiger partial charge in [0.25, 0.3) is 11.8 Å². The maximum Gasteiger partial charge on any atom is 0.573 e. The molecule has 0 fully saturated rings. The Bertz CT molecular complexity index is 1550. The molecule has 0 radical (unpaired) electrons. The summed E-state index contributed by atoms with van der Waals surface area (Å²) in [7, 11) is 0. The van der Waals surface area contributed by atoms with Crippen molar-refractivity contribution in [3.05, 3.63) is 58.1 Å². The third-order valence-corrected chi connectivity index (χ3v) is 6.27. The van der Waals surface area contributed by atoms with Gasteiger partial charge in [-0.25, -0.2) is 0 Å². The van der Waals surface area contributed by atoms with Crippen molar-refractivity contribution in [2.24, 2.45) is 5.18 Å². The van der Waals surface area contributed by atoms with Gasteiger partial charge in [0.15, 0.2) is 0 Å². The van der Waals surface area contributed by atoms with Crippen molar-refractivity contribution in [2.75, 3.05) is 0 Å². The van der Waals surface area contributed by atoms with Gasteiger partial charge < -0.3 is 14.2 Å². The summed E-state index contributed by atoms with van der Waals surface area (Å²) in [5.74, 6) is -0.992. The number of aryl methyl sites for hydroxylation is 2. The molecule has 9 nitrogen and oxygen atoms in total. The lowest BCUT2D eigenvalue weighted by molar-refractivity contribution is -0.274. The van der Waals surface area contributed by atoms with E-state index in [2.05, 4.69) is 25.0 Å². The minimum atomic E-state index is -4.88. The monoisotopic (exact) mass is 509 g/mol. The molecule has 0 saturated carbocycles. The molecule has 1 aliphatic carbocycles. The first-order valence-electron chi connectivity index (χ1n) is 11.4. The van der Waals surface area contributed by atoms with E-state index in [0.717, 1.165) is 41.1 Å². The summed E-state index contributed by atoms with van der Waals surface area (Å²) in [4.78, 5) is 29.7. The van der Waals surface area contributed by atoms with Crippen LogP contribution in [0.15, 0.2) is 46.1 Å². The van der Waals surface area contributed by atoms with E-state index in [-0.39, 0.29) is 42.5 Å². The molecule has 0 saturated heterocycles. The van der Waals surface area contributed by atoms with Crippen molar-refractivity contribution in [3.8, 4) is 34.7 Å². The van der Waals surface area contributed by atoms with Crippen LogP contribution in [0.25, 0.3) is 33.7 Å². The van der Waals surface area contributed by atoms with Crippen LogP contribution in [0.1, 0.15) is 42.0 Å². The smallest absolute Gasteiger partial charge is 0.406 e. The van der Waals surface area contributed by atoms with Crippen molar-refractivity contribution in [2.45, 2.75) is 44.4 Å². The van der Waals surface area contributed by atoms with Crippen LogP contribution in [-0.4, -0.2) is 27.4 Å². The van der Waals surface area contributed by atoms with Gasteiger partial charge in [0, 0.05) is 51.7 Å². The number of hydrogen-bond acceptors (Lipinski definition) is 7. The lowest BCUT2D eigenvalue weighted by atomic mass is 10.0. The first-order chi connectivity index (χ1) is 17.7. The molecule has 2 aromatic carbocycles. The highest BCUT2D eigenvalue weighted by Crippen LogP contribution is 2.40. The van der Waals surface area contributed by atoms with E-state index in [1.165, 1.54) is 6.07 Å². The number of alkyl halides is 3. The fourth-order valence-corrected chi connectivity index (χ4v) is 4.72. The Hall–Kier alpha value is -4.53. The average molecular weight is 509 g/mol. The molecule has 1 amide bonds. The molecule has 2 aromatic heterocycles. The number of ether oxygens (including phenoxy) is 1. The number of nitriles is 1. The van der Waals surface area contributed by atoms with Crippen LogP contribution in [0.3, 0.4) is 0 Å². The summed E-state index contributed by atoms with van der Waals surface area (Å²) < 4.78 is 47.9. The zero-order valence-corrected chi connectivity index (χ0v) is 19.1. The van der Waals surface area contributed by atoms with Crippen LogP contribution >= 0.6 is 0 Å². The van der Waals surface area contributed by atoms with Crippen molar-refractivity contribution >= 4 is 16.8 Å². The summed E-state index contributed by atoms with van der Waals surface area (Å²) in [5, 5.41) is 16.3. The Balaban J connectivity index is 1.46. The highest BCUT2D eigenvalue weighted by Gasteiger charge is 2.32. The number of amides is 1. The fraction of sp³-hybridized carbons (Fsp3) is 0.280. The molecule has 1 N–H and O–H groups in total. The Morgan fingerprint density at radius 2 is 2.08 bits per heavy atom. The molecule has 0 bridgehead atoms. The van der Waals surface area contributed by atoms with Crippen molar-refractivity contribution < 1.29 is 27.2 Å². The Morgan fingerprint density at radius 1 is 1.24 bits per heavy atom. The number of fused-ring (bicyclic) bond motifs is 3. The molecule has 12 heteroatoms. The largest absolute Gasteiger partial charge is 0.573 e. The molecule has 4 aromatic rings. The Morgan fingerprint density at radius 3 is 2.84 bits per heavy atom. The lowest BCUT2D eigenvalue weighted by Gasteiger charge is -2.11. The number of hydrogen-bond donors (Lipinski definition) is 1. The van der Waals surface area contributed by atoms with Crippen molar-refractivity contribution in [1.29, 1.82) is 5.26 Å². The quantitative estimate of drug-likeness (QED) is 0.304. The second-order valence-corrected chi connectivity index (χ2v) is 8.70. The van der Waals surface area contributed by atoms with Crippen LogP contribution in [-0.2, 0) is 17.6 Å². The van der Waals surface area contributed by atoms with Gasteiger partial charge in [-0.1, -0.05) is 5.16 Å². The third-order valence-electron chi connectivity index (χ3n) is 6.27. The number of nitrogens with zero attached hydrogens (tertiary/aromatic N) is 4. The van der Waals surface area contributed by atoms with Crippen molar-refractivity contribution in [3.63, 3.8) is 0 Å². The normalized spacial score (nSPS) is 14.9. The van der Waals surface area contributed by atoms with E-state index in [1.807, 2.05) is 18.2 Å². The Labute approximate surface area is 207 Å². The van der Waals surface area contributed by atoms with E-state index in [9.17, 15) is 22.9 Å². The number of rotatable bonds is 7. The van der Waals surface area contributed by atoms with Crippen LogP contribution < -0.4 is 4.74 Å². The fourth-order valence-electron chi connectivity index (χ4n) is 4.72. The topological polar surface area (TPSA) is 134 Å². The first-order valence-corrected chi connectivity index (χ1v) is 11.4. The number of nitrogens with one attached hydrogen (secondary N) is 1. The van der Waals surface area contributed by atoms with Gasteiger partial charge in [-0.2, -0.15) is 10.2 Å². The number of nitroso groups, excluding NO2 is 1. The first kappa shape index (κ1) is 24.2. The molecule has 5 rings (SSSR count). The van der Waals surface area contributed by atoms with E-state index in [1.54, 1.807) is 12.1 Å². The molecule has 0 spiro atoms. The minimum absolute atomic E-state index is 0.000154. The number of H-pyrrole nitrogens is 1. The summed E-state index contributed by atoms with van der Waals surface area (Å²) in [6, 6.07) is 11.4. The summed E-state index contributed by atoms with van der Waals surface area (Å²) >= 11 is 0. The van der Waals surface area contributed by atoms with Gasteiger partial charge in [0.05, 0.1) is 6.07 Å². The van der Waals surface area contributed by atoms with Crippen LogP contribution in [0, 0.1) is 16.2 Å². The maximum atomic E-state index is 12.8. The number of carbonyl (C=O) groups excluding carboxylic acids is 1. The number of aromatic amines is 1. The molecule has 1 unspecified atom stereocenters. The van der Waals surface area contributed by atoms with E-state index in [0.29, 0.717) is 11.1 Å². The van der Waals surface area contributed by atoms with Gasteiger partial charge in [0.2, 0.25) is 5.82 Å². The Kier molecular flexibility index (Phi) is 6.20. The van der Waals surface area contributed by atoms with Crippen LogP contribution in [0.5, 0.6) is 5.75 Å². The minimum Gasteiger partial charge on any atom is -0.406 e. The number of halogens is 3. The van der Waals surface area contributed by atoms with Gasteiger partial charge in [-0.3, -0.25) is 4.79 Å². The third kappa shape index (κ3) is 5.06. The van der Waals surface area contributed by atoms with Gasteiger partial charge >= 0.3 is 6.36 Å². The maximum absolute atomic E-state index is 12.8. The van der Waals surface area contributed by atoms with Crippen LogP contribution in [0.2, 0.25) is 0 Å². The second-order valence-electron chi connectivity index (χ2n) is 8.70. The van der Waals surface area contributed by atoms with Gasteiger partial charge in [-0.15, -0.1) is 18.1 Å². The number of aromatic nitrogens is 3. The van der Waals surface area contributed by atoms with E-state index < -0.39 is 18.0 Å². The molecule has 0 aliphatic heterocycles. The molecule has 2 heterocycles. The number of carbonyl (C=O) groups is 1. The molecule has 188 valence electrons. The van der Waals surface area contributed by atoms with Crippen molar-refractivity contribution in [1.82, 2.24) is 15.1 Å². The zero-order valence-electron chi connectivity index (χ0n) is 19.1. The average Bonchev–Trinajstić information content (AvgIpc) is 3.57. The van der Waals surface area contributed by atoms with E-state index in [4.69, 9.17) is 9.78 Å². The SMILES string of the molecule is N#CCCc1cc(OC(F)(F)F)cc(-c2nc(-c3ccc4[nH]c5c(c4c3)CCC5CC(=O)N=O)no2)c1. The second kappa shape index (κ2) is 9.50. The summed E-state index contributed by atoms with van der Waals surface area (Å²) in [6.07, 6.45) is -3.04. The van der Waals surface area contributed by atoms with Gasteiger partial charge in [-0.05, 0) is 66.8 Å². The van der Waals surface area contributed by atoms with E-state index >= 15 is 0 Å². The predicted octanol–water partition coefficient (Wildman–Crippen LogP) is 5.95. The zero-order chi connectivity index (χ0) is 26.2. The summed E-state index contributed by atoms with van der Waals surface area (Å²) in [5.41, 5.74) is 4.12. The molecule has 37 heavy (non-hydrogen) atoms.